The molecule has 0 atom stereocenters. The van der Waals surface area contributed by atoms with Crippen molar-refractivity contribution < 1.29 is 4.79 Å². The highest BCUT2D eigenvalue weighted by Gasteiger charge is 2.14. The van der Waals surface area contributed by atoms with Crippen LogP contribution in [0.2, 0.25) is 0 Å². The van der Waals surface area contributed by atoms with E-state index in [2.05, 4.69) is 9.97 Å². The minimum absolute atomic E-state index is 0.175. The zero-order chi connectivity index (χ0) is 14.9. The number of fused-ring (bicyclic) bond motifs is 1. The Morgan fingerprint density at radius 1 is 1.20 bits per heavy atom. The number of nitrogens with zero attached hydrogens (tertiary/aromatic N) is 3. The Balaban J connectivity index is 2.32. The van der Waals surface area contributed by atoms with Crippen molar-refractivity contribution in [1.82, 2.24) is 19.1 Å². The van der Waals surface area contributed by atoms with Crippen molar-refractivity contribution in [3.05, 3.63) is 26.7 Å². The molecule has 0 spiro atoms. The van der Waals surface area contributed by atoms with Crippen molar-refractivity contribution in [2.75, 3.05) is 0 Å². The normalized spacial score (nSPS) is 11.2. The Hall–Kier alpha value is -2.18. The second-order valence-corrected chi connectivity index (χ2v) is 4.99. The Morgan fingerprint density at radius 3 is 2.55 bits per heavy atom. The van der Waals surface area contributed by atoms with Crippen molar-refractivity contribution in [3.8, 4) is 0 Å². The second kappa shape index (κ2) is 5.44. The number of aryl methyl sites for hydroxylation is 3. The lowest BCUT2D eigenvalue weighted by molar-refractivity contribution is -0.117. The quantitative estimate of drug-likeness (QED) is 0.794. The lowest BCUT2D eigenvalue weighted by Crippen LogP contribution is -2.29. The number of H-pyrrole nitrogens is 1. The topological polar surface area (TPSA) is 89.8 Å². The van der Waals surface area contributed by atoms with Gasteiger partial charge in [-0.15, -0.1) is 0 Å². The summed E-state index contributed by atoms with van der Waals surface area (Å²) in [5.41, 5.74) is -0.103. The van der Waals surface area contributed by atoms with E-state index in [1.165, 1.54) is 4.57 Å². The number of nitrogens with one attached hydrogen (secondary N) is 1. The number of hydrogen-bond donors (Lipinski definition) is 1. The largest absolute Gasteiger partial charge is 0.329 e. The first-order chi connectivity index (χ1) is 9.41. The monoisotopic (exact) mass is 278 g/mol. The molecule has 0 aliphatic carbocycles. The van der Waals surface area contributed by atoms with Gasteiger partial charge in [-0.05, 0) is 19.8 Å². The van der Waals surface area contributed by atoms with Crippen LogP contribution in [0, 0.1) is 0 Å². The summed E-state index contributed by atoms with van der Waals surface area (Å²) in [5, 5.41) is 0. The van der Waals surface area contributed by atoms with Gasteiger partial charge in [0, 0.05) is 26.9 Å². The Kier molecular flexibility index (Phi) is 3.87. The summed E-state index contributed by atoms with van der Waals surface area (Å²) in [5.74, 6) is 0.920. The van der Waals surface area contributed by atoms with Crippen LogP contribution in [0.3, 0.4) is 0 Å². The van der Waals surface area contributed by atoms with Gasteiger partial charge in [0.1, 0.15) is 11.6 Å². The maximum absolute atomic E-state index is 11.8. The van der Waals surface area contributed by atoms with E-state index in [-0.39, 0.29) is 5.78 Å². The van der Waals surface area contributed by atoms with Crippen LogP contribution < -0.4 is 11.2 Å². The zero-order valence-corrected chi connectivity index (χ0v) is 11.9. The highest BCUT2D eigenvalue weighted by Crippen LogP contribution is 2.11. The fourth-order valence-electron chi connectivity index (χ4n) is 2.23. The standard InChI is InChI=1S/C13H18N4O3/c1-8(18)6-4-5-7-9-14-11-10(16(9)2)12(19)15-13(20)17(11)3/h4-7H2,1-3H3,(H,15,19,20). The van der Waals surface area contributed by atoms with Gasteiger partial charge in [-0.1, -0.05) is 0 Å². The van der Waals surface area contributed by atoms with Gasteiger partial charge >= 0.3 is 5.69 Å². The third kappa shape index (κ3) is 2.56. The van der Waals surface area contributed by atoms with Gasteiger partial charge in [-0.25, -0.2) is 9.78 Å². The molecule has 0 amide bonds. The predicted octanol–water partition coefficient (Wildman–Crippen LogP) is 0.262. The number of aromatic nitrogens is 4. The Morgan fingerprint density at radius 2 is 1.90 bits per heavy atom. The number of unbranched alkanes of at least 4 members (excludes halogenated alkanes) is 1. The van der Waals surface area contributed by atoms with Crippen LogP contribution in [0.25, 0.3) is 11.2 Å². The number of hydrogen-bond acceptors (Lipinski definition) is 4. The summed E-state index contributed by atoms with van der Waals surface area (Å²) in [6, 6.07) is 0. The molecule has 0 bridgehead atoms. The molecule has 7 nitrogen and oxygen atoms in total. The van der Waals surface area contributed by atoms with Gasteiger partial charge in [-0.2, -0.15) is 0 Å². The predicted molar refractivity (Wildman–Crippen MR) is 74.8 cm³/mol. The molecular weight excluding hydrogens is 260 g/mol. The molecule has 0 fully saturated rings. The van der Waals surface area contributed by atoms with Crippen LogP contribution >= 0.6 is 0 Å². The average molecular weight is 278 g/mol. The number of rotatable bonds is 5. The molecule has 0 saturated carbocycles. The molecule has 2 rings (SSSR count). The first-order valence-electron chi connectivity index (χ1n) is 6.56. The summed E-state index contributed by atoms with van der Waals surface area (Å²) in [7, 11) is 3.34. The van der Waals surface area contributed by atoms with E-state index in [4.69, 9.17) is 0 Å². The van der Waals surface area contributed by atoms with Crippen molar-refractivity contribution in [2.45, 2.75) is 32.6 Å². The number of aromatic amines is 1. The Bertz CT molecular complexity index is 766. The van der Waals surface area contributed by atoms with Crippen molar-refractivity contribution in [2.24, 2.45) is 14.1 Å². The summed E-state index contributed by atoms with van der Waals surface area (Å²) >= 11 is 0. The molecule has 1 N–H and O–H groups in total. The molecule has 2 aromatic heterocycles. The zero-order valence-electron chi connectivity index (χ0n) is 11.9. The molecule has 0 unspecified atom stereocenters. The first-order valence-corrected chi connectivity index (χ1v) is 6.56. The molecule has 0 saturated heterocycles. The van der Waals surface area contributed by atoms with Crippen LogP contribution in [0.1, 0.15) is 32.0 Å². The van der Waals surface area contributed by atoms with E-state index in [0.717, 1.165) is 18.7 Å². The van der Waals surface area contributed by atoms with E-state index >= 15 is 0 Å². The van der Waals surface area contributed by atoms with E-state index in [1.54, 1.807) is 25.6 Å². The molecule has 0 aliphatic heterocycles. The van der Waals surface area contributed by atoms with Gasteiger partial charge in [0.25, 0.3) is 5.56 Å². The molecule has 20 heavy (non-hydrogen) atoms. The van der Waals surface area contributed by atoms with Crippen LogP contribution in [0.5, 0.6) is 0 Å². The number of imidazole rings is 1. The fraction of sp³-hybridized carbons (Fsp3) is 0.538. The maximum Gasteiger partial charge on any atom is 0.329 e. The molecule has 0 aliphatic rings. The smallest absolute Gasteiger partial charge is 0.325 e. The third-order valence-electron chi connectivity index (χ3n) is 3.41. The second-order valence-electron chi connectivity index (χ2n) is 4.99. The third-order valence-corrected chi connectivity index (χ3v) is 3.41. The molecule has 7 heteroatoms. The molecule has 0 radical (unpaired) electrons. The van der Waals surface area contributed by atoms with E-state index in [9.17, 15) is 14.4 Å². The molecule has 108 valence electrons. The van der Waals surface area contributed by atoms with Gasteiger partial charge in [0.2, 0.25) is 0 Å². The highest BCUT2D eigenvalue weighted by atomic mass is 16.2. The van der Waals surface area contributed by atoms with E-state index in [1.807, 2.05) is 0 Å². The number of carbonyl (C=O) groups is 1. The SMILES string of the molecule is CC(=O)CCCCc1nc2c(c(=O)[nH]c(=O)n2C)n1C. The maximum atomic E-state index is 11.8. The summed E-state index contributed by atoms with van der Waals surface area (Å²) in [6.07, 6.45) is 2.85. The minimum atomic E-state index is -0.469. The average Bonchev–Trinajstić information content (AvgIpc) is 2.70. The van der Waals surface area contributed by atoms with Gasteiger partial charge < -0.3 is 9.36 Å². The number of carbonyl (C=O) groups excluding carboxylic acids is 1. The van der Waals surface area contributed by atoms with Crippen LogP contribution in [0.4, 0.5) is 0 Å². The van der Waals surface area contributed by atoms with Crippen molar-refractivity contribution in [1.29, 1.82) is 0 Å². The first kappa shape index (κ1) is 14.2. The van der Waals surface area contributed by atoms with Gasteiger partial charge in [0.15, 0.2) is 11.2 Å². The minimum Gasteiger partial charge on any atom is -0.325 e. The van der Waals surface area contributed by atoms with E-state index in [0.29, 0.717) is 24.0 Å². The van der Waals surface area contributed by atoms with Crippen molar-refractivity contribution in [3.63, 3.8) is 0 Å². The number of ketones is 1. The number of Topliss-reactive ketones (excluding diaryl/α,β-unsaturated/α-hetero) is 1. The molecule has 2 aromatic rings. The van der Waals surface area contributed by atoms with Crippen LogP contribution in [0.15, 0.2) is 9.59 Å². The molecule has 0 aromatic carbocycles. The van der Waals surface area contributed by atoms with Crippen molar-refractivity contribution >= 4 is 16.9 Å². The van der Waals surface area contributed by atoms with Crippen LogP contribution in [-0.4, -0.2) is 24.9 Å². The van der Waals surface area contributed by atoms with Crippen LogP contribution in [-0.2, 0) is 25.3 Å². The van der Waals surface area contributed by atoms with Gasteiger partial charge in [0.05, 0.1) is 0 Å². The Labute approximate surface area is 115 Å². The summed E-state index contributed by atoms with van der Waals surface area (Å²) in [4.78, 5) is 40.9. The summed E-state index contributed by atoms with van der Waals surface area (Å²) in [6.45, 7) is 1.57. The van der Waals surface area contributed by atoms with Gasteiger partial charge in [-0.3, -0.25) is 14.3 Å². The highest BCUT2D eigenvalue weighted by molar-refractivity contribution is 5.75. The fourth-order valence-corrected chi connectivity index (χ4v) is 2.23. The lowest BCUT2D eigenvalue weighted by Gasteiger charge is -2.01. The lowest BCUT2D eigenvalue weighted by atomic mass is 10.1. The molecule has 2 heterocycles. The summed E-state index contributed by atoms with van der Waals surface area (Å²) < 4.78 is 3.04. The van der Waals surface area contributed by atoms with E-state index < -0.39 is 11.2 Å². The molecular formula is C13H18N4O3.